The van der Waals surface area contributed by atoms with Crippen LogP contribution >= 0.6 is 0 Å². The summed E-state index contributed by atoms with van der Waals surface area (Å²) in [6, 6.07) is 16.9. The molecule has 1 amide bonds. The number of aryl methyl sites for hydroxylation is 2. The van der Waals surface area contributed by atoms with Crippen molar-refractivity contribution >= 4 is 5.91 Å². The fraction of sp³-hybridized carbons (Fsp3) is 0.217. The minimum absolute atomic E-state index is 0.0993. The lowest BCUT2D eigenvalue weighted by Crippen LogP contribution is -2.23. The Labute approximate surface area is 165 Å². The van der Waals surface area contributed by atoms with E-state index < -0.39 is 0 Å². The van der Waals surface area contributed by atoms with E-state index in [-0.39, 0.29) is 5.91 Å². The van der Waals surface area contributed by atoms with E-state index >= 15 is 0 Å². The van der Waals surface area contributed by atoms with Gasteiger partial charge in [0, 0.05) is 24.4 Å². The number of nitrogens with one attached hydrogen (secondary N) is 1. The van der Waals surface area contributed by atoms with Gasteiger partial charge in [-0.1, -0.05) is 35.4 Å². The van der Waals surface area contributed by atoms with Crippen molar-refractivity contribution in [3.63, 3.8) is 0 Å². The molecule has 0 bridgehead atoms. The van der Waals surface area contributed by atoms with Gasteiger partial charge in [-0.15, -0.1) is 0 Å². The van der Waals surface area contributed by atoms with Crippen LogP contribution < -0.4 is 14.8 Å². The summed E-state index contributed by atoms with van der Waals surface area (Å²) in [5, 5.41) is 2.92. The molecule has 144 valence electrons. The molecule has 5 nitrogen and oxygen atoms in total. The second kappa shape index (κ2) is 9.04. The van der Waals surface area contributed by atoms with Gasteiger partial charge < -0.3 is 14.8 Å². The molecule has 2 aromatic carbocycles. The van der Waals surface area contributed by atoms with Crippen molar-refractivity contribution in [3.8, 4) is 17.4 Å². The van der Waals surface area contributed by atoms with Crippen molar-refractivity contribution in [2.75, 3.05) is 6.61 Å². The Morgan fingerprint density at radius 2 is 1.71 bits per heavy atom. The second-order valence-corrected chi connectivity index (χ2v) is 6.55. The maximum atomic E-state index is 12.4. The summed E-state index contributed by atoms with van der Waals surface area (Å²) in [5.74, 6) is 1.67. The number of rotatable bonds is 7. The first-order valence-corrected chi connectivity index (χ1v) is 9.26. The van der Waals surface area contributed by atoms with Gasteiger partial charge in [-0.2, -0.15) is 0 Å². The van der Waals surface area contributed by atoms with E-state index in [0.717, 1.165) is 16.7 Å². The van der Waals surface area contributed by atoms with Crippen molar-refractivity contribution in [1.82, 2.24) is 10.3 Å². The van der Waals surface area contributed by atoms with Crippen LogP contribution in [0.15, 0.2) is 60.8 Å². The fourth-order valence-electron chi connectivity index (χ4n) is 2.89. The molecule has 28 heavy (non-hydrogen) atoms. The van der Waals surface area contributed by atoms with Gasteiger partial charge >= 0.3 is 0 Å². The van der Waals surface area contributed by atoms with Gasteiger partial charge in [0.1, 0.15) is 0 Å². The number of aromatic nitrogens is 1. The van der Waals surface area contributed by atoms with Gasteiger partial charge in [0.05, 0.1) is 6.61 Å². The van der Waals surface area contributed by atoms with Gasteiger partial charge in [-0.3, -0.25) is 4.79 Å². The van der Waals surface area contributed by atoms with Crippen LogP contribution in [0.4, 0.5) is 0 Å². The maximum Gasteiger partial charge on any atom is 0.251 e. The van der Waals surface area contributed by atoms with Crippen molar-refractivity contribution in [2.24, 2.45) is 0 Å². The third-order valence-electron chi connectivity index (χ3n) is 4.10. The number of hydrogen-bond acceptors (Lipinski definition) is 4. The van der Waals surface area contributed by atoms with Crippen LogP contribution in [0.3, 0.4) is 0 Å². The van der Waals surface area contributed by atoms with E-state index in [1.54, 1.807) is 12.3 Å². The number of nitrogens with zero attached hydrogens (tertiary/aromatic N) is 1. The molecule has 0 unspecified atom stereocenters. The number of carbonyl (C=O) groups is 1. The Balaban J connectivity index is 1.61. The highest BCUT2D eigenvalue weighted by atomic mass is 16.5. The van der Waals surface area contributed by atoms with Crippen LogP contribution in [0.25, 0.3) is 0 Å². The number of pyridine rings is 1. The minimum atomic E-state index is -0.0993. The van der Waals surface area contributed by atoms with E-state index in [4.69, 9.17) is 9.47 Å². The van der Waals surface area contributed by atoms with Crippen molar-refractivity contribution in [3.05, 3.63) is 83.0 Å². The first kappa shape index (κ1) is 19.4. The fourth-order valence-corrected chi connectivity index (χ4v) is 2.89. The number of carbonyl (C=O) groups excluding carboxylic acids is 1. The summed E-state index contributed by atoms with van der Waals surface area (Å²) in [4.78, 5) is 16.7. The van der Waals surface area contributed by atoms with Gasteiger partial charge in [-0.25, -0.2) is 4.98 Å². The van der Waals surface area contributed by atoms with Crippen molar-refractivity contribution in [2.45, 2.75) is 27.3 Å². The SMILES string of the molecule is CCOc1ccccc1Oc1ccc(CNC(=O)c2cc(C)cc(C)c2)cn1. The summed E-state index contributed by atoms with van der Waals surface area (Å²) in [6.45, 7) is 6.85. The number of benzene rings is 2. The molecule has 0 radical (unpaired) electrons. The lowest BCUT2D eigenvalue weighted by molar-refractivity contribution is 0.0950. The van der Waals surface area contributed by atoms with E-state index in [1.807, 2.05) is 69.3 Å². The van der Waals surface area contributed by atoms with Gasteiger partial charge in [0.15, 0.2) is 11.5 Å². The van der Waals surface area contributed by atoms with Crippen LogP contribution in [-0.4, -0.2) is 17.5 Å². The van der Waals surface area contributed by atoms with Crippen molar-refractivity contribution < 1.29 is 14.3 Å². The largest absolute Gasteiger partial charge is 0.490 e. The zero-order valence-corrected chi connectivity index (χ0v) is 16.4. The minimum Gasteiger partial charge on any atom is -0.490 e. The molecule has 3 rings (SSSR count). The topological polar surface area (TPSA) is 60.5 Å². The normalized spacial score (nSPS) is 10.4. The first-order valence-electron chi connectivity index (χ1n) is 9.26. The molecule has 0 saturated heterocycles. The smallest absolute Gasteiger partial charge is 0.251 e. The molecule has 5 heteroatoms. The van der Waals surface area contributed by atoms with E-state index in [0.29, 0.717) is 36.1 Å². The van der Waals surface area contributed by atoms with Gasteiger partial charge in [-0.05, 0) is 50.6 Å². The average molecular weight is 376 g/mol. The highest BCUT2D eigenvalue weighted by Crippen LogP contribution is 2.30. The molecule has 0 aliphatic rings. The molecule has 1 aromatic heterocycles. The molecule has 0 spiro atoms. The maximum absolute atomic E-state index is 12.4. The molecular weight excluding hydrogens is 352 g/mol. The van der Waals surface area contributed by atoms with Crippen LogP contribution in [0, 0.1) is 13.8 Å². The highest BCUT2D eigenvalue weighted by molar-refractivity contribution is 5.94. The summed E-state index contributed by atoms with van der Waals surface area (Å²) >= 11 is 0. The highest BCUT2D eigenvalue weighted by Gasteiger charge is 2.08. The lowest BCUT2D eigenvalue weighted by atomic mass is 10.1. The van der Waals surface area contributed by atoms with Crippen LogP contribution in [0.2, 0.25) is 0 Å². The average Bonchev–Trinajstić information content (AvgIpc) is 2.68. The summed E-state index contributed by atoms with van der Waals surface area (Å²) in [7, 11) is 0. The second-order valence-electron chi connectivity index (χ2n) is 6.55. The van der Waals surface area contributed by atoms with Crippen LogP contribution in [0.1, 0.15) is 34.0 Å². The molecule has 0 saturated carbocycles. The standard InChI is InChI=1S/C23H24N2O3/c1-4-27-20-7-5-6-8-21(20)28-22-10-9-18(14-24-22)15-25-23(26)19-12-16(2)11-17(3)13-19/h5-14H,4,15H2,1-3H3,(H,25,26). The Bertz CT molecular complexity index is 932. The quantitative estimate of drug-likeness (QED) is 0.642. The van der Waals surface area contributed by atoms with Gasteiger partial charge in [0.25, 0.3) is 5.91 Å². The van der Waals surface area contributed by atoms with Crippen LogP contribution in [0.5, 0.6) is 17.4 Å². The lowest BCUT2D eigenvalue weighted by Gasteiger charge is -2.11. The van der Waals surface area contributed by atoms with Gasteiger partial charge in [0.2, 0.25) is 5.88 Å². The molecule has 0 fully saturated rings. The Kier molecular flexibility index (Phi) is 6.27. The Morgan fingerprint density at radius 3 is 2.36 bits per heavy atom. The molecule has 0 aliphatic carbocycles. The molecule has 1 heterocycles. The van der Waals surface area contributed by atoms with E-state index in [2.05, 4.69) is 10.3 Å². The number of hydrogen-bond donors (Lipinski definition) is 1. The monoisotopic (exact) mass is 376 g/mol. The summed E-state index contributed by atoms with van der Waals surface area (Å²) in [6.07, 6.45) is 1.69. The van der Waals surface area contributed by atoms with Crippen LogP contribution in [-0.2, 0) is 6.54 Å². The first-order chi connectivity index (χ1) is 13.5. The van der Waals surface area contributed by atoms with E-state index in [9.17, 15) is 4.79 Å². The molecule has 1 N–H and O–H groups in total. The molecule has 3 aromatic rings. The van der Waals surface area contributed by atoms with E-state index in [1.165, 1.54) is 0 Å². The number of amides is 1. The number of ether oxygens (including phenoxy) is 2. The Morgan fingerprint density at radius 1 is 1.00 bits per heavy atom. The third kappa shape index (κ3) is 5.10. The zero-order chi connectivity index (χ0) is 19.9. The molecule has 0 aliphatic heterocycles. The zero-order valence-electron chi connectivity index (χ0n) is 16.4. The molecule has 0 atom stereocenters. The van der Waals surface area contributed by atoms with Crippen molar-refractivity contribution in [1.29, 1.82) is 0 Å². The Hall–Kier alpha value is -3.34. The predicted octanol–water partition coefficient (Wildman–Crippen LogP) is 4.82. The molecular formula is C23H24N2O3. The summed E-state index contributed by atoms with van der Waals surface area (Å²) < 4.78 is 11.4. The predicted molar refractivity (Wildman–Crippen MR) is 109 cm³/mol. The third-order valence-corrected chi connectivity index (χ3v) is 4.10. The number of para-hydroxylation sites is 2. The summed E-state index contributed by atoms with van der Waals surface area (Å²) in [5.41, 5.74) is 3.70.